The van der Waals surface area contributed by atoms with Crippen LogP contribution in [0.5, 0.6) is 11.5 Å². The summed E-state index contributed by atoms with van der Waals surface area (Å²) in [6.45, 7) is 6.71. The molecule has 0 fully saturated rings. The lowest BCUT2D eigenvalue weighted by Crippen LogP contribution is -2.14. The highest BCUT2D eigenvalue weighted by atomic mass is 19.1. The molecular formula is C28H31FO4. The van der Waals surface area contributed by atoms with Gasteiger partial charge in [-0.05, 0) is 64.4 Å². The van der Waals surface area contributed by atoms with Crippen LogP contribution in [0.4, 0.5) is 4.39 Å². The largest absolute Gasteiger partial charge is 0.497 e. The molecule has 4 nitrogen and oxygen atoms in total. The smallest absolute Gasteiger partial charge is 0.305 e. The molecule has 0 saturated heterocycles. The third kappa shape index (κ3) is 6.35. The van der Waals surface area contributed by atoms with Gasteiger partial charge in [0.05, 0.1) is 14.2 Å². The third-order valence-corrected chi connectivity index (χ3v) is 5.51. The molecule has 5 heteroatoms. The molecule has 0 N–H and O–H groups in total. The van der Waals surface area contributed by atoms with Crippen LogP contribution in [0.3, 0.4) is 0 Å². The minimum Gasteiger partial charge on any atom is -0.497 e. The van der Waals surface area contributed by atoms with Crippen LogP contribution in [0.25, 0.3) is 11.1 Å². The van der Waals surface area contributed by atoms with Crippen LogP contribution < -0.4 is 9.47 Å². The lowest BCUT2D eigenvalue weighted by molar-refractivity contribution is -0.140. The van der Waals surface area contributed by atoms with E-state index in [1.165, 1.54) is 13.2 Å². The summed E-state index contributed by atoms with van der Waals surface area (Å²) in [7, 11) is 2.97. The summed E-state index contributed by atoms with van der Waals surface area (Å²) in [6, 6.07) is 18.5. The quantitative estimate of drug-likeness (QED) is 0.368. The number of ether oxygens (including phenoxy) is 3. The van der Waals surface area contributed by atoms with Crippen LogP contribution in [-0.4, -0.2) is 20.2 Å². The van der Waals surface area contributed by atoms with Crippen molar-refractivity contribution in [2.45, 2.75) is 45.6 Å². The summed E-state index contributed by atoms with van der Waals surface area (Å²) in [5, 5.41) is 0. The summed E-state index contributed by atoms with van der Waals surface area (Å²) >= 11 is 0. The monoisotopic (exact) mass is 450 g/mol. The van der Waals surface area contributed by atoms with Gasteiger partial charge in [-0.25, -0.2) is 4.39 Å². The van der Waals surface area contributed by atoms with E-state index in [-0.39, 0.29) is 17.2 Å². The Morgan fingerprint density at radius 1 is 0.879 bits per heavy atom. The van der Waals surface area contributed by atoms with Gasteiger partial charge in [0.25, 0.3) is 0 Å². The number of halogens is 1. The van der Waals surface area contributed by atoms with Crippen molar-refractivity contribution in [3.05, 3.63) is 83.2 Å². The molecule has 0 aliphatic heterocycles. The van der Waals surface area contributed by atoms with Crippen molar-refractivity contribution >= 4 is 5.97 Å². The molecule has 174 valence electrons. The van der Waals surface area contributed by atoms with E-state index >= 15 is 0 Å². The molecule has 0 spiro atoms. The molecular weight excluding hydrogens is 419 g/mol. The van der Waals surface area contributed by atoms with Gasteiger partial charge in [0, 0.05) is 12.0 Å². The van der Waals surface area contributed by atoms with Crippen LogP contribution in [-0.2, 0) is 28.0 Å². The highest BCUT2D eigenvalue weighted by Crippen LogP contribution is 2.36. The van der Waals surface area contributed by atoms with E-state index in [2.05, 4.69) is 26.8 Å². The number of rotatable bonds is 8. The zero-order valence-electron chi connectivity index (χ0n) is 19.9. The van der Waals surface area contributed by atoms with Crippen molar-refractivity contribution in [2.24, 2.45) is 0 Å². The van der Waals surface area contributed by atoms with E-state index in [1.807, 2.05) is 36.4 Å². The van der Waals surface area contributed by atoms with Crippen molar-refractivity contribution in [2.75, 3.05) is 14.2 Å². The normalized spacial score (nSPS) is 11.2. The molecule has 0 atom stereocenters. The van der Waals surface area contributed by atoms with Crippen molar-refractivity contribution < 1.29 is 23.4 Å². The molecule has 0 aliphatic carbocycles. The first-order chi connectivity index (χ1) is 15.7. The van der Waals surface area contributed by atoms with E-state index in [0.29, 0.717) is 30.8 Å². The van der Waals surface area contributed by atoms with E-state index in [9.17, 15) is 9.18 Å². The topological polar surface area (TPSA) is 44.8 Å². The van der Waals surface area contributed by atoms with Crippen LogP contribution in [0.1, 0.15) is 43.9 Å². The summed E-state index contributed by atoms with van der Waals surface area (Å²) in [6.07, 6.45) is 0.927. The first kappa shape index (κ1) is 24.3. The Labute approximate surface area is 195 Å². The van der Waals surface area contributed by atoms with E-state index in [0.717, 1.165) is 28.0 Å². The average molecular weight is 451 g/mol. The third-order valence-electron chi connectivity index (χ3n) is 5.51. The number of hydrogen-bond donors (Lipinski definition) is 0. The Morgan fingerprint density at radius 2 is 1.67 bits per heavy atom. The SMILES string of the molecule is COC(=O)CCc1cccc(OCc2ccc(-c3cc(OC)ccc3F)c(C(C)(C)C)c2)c1. The molecule has 0 bridgehead atoms. The Bertz CT molecular complexity index is 1120. The van der Waals surface area contributed by atoms with Gasteiger partial charge in [0.15, 0.2) is 0 Å². The highest BCUT2D eigenvalue weighted by Gasteiger charge is 2.21. The molecule has 33 heavy (non-hydrogen) atoms. The maximum atomic E-state index is 14.7. The van der Waals surface area contributed by atoms with Gasteiger partial charge in [0.1, 0.15) is 23.9 Å². The summed E-state index contributed by atoms with van der Waals surface area (Å²) in [4.78, 5) is 11.4. The second-order valence-corrected chi connectivity index (χ2v) is 8.99. The number of methoxy groups -OCH3 is 2. The molecule has 0 aliphatic rings. The average Bonchev–Trinajstić information content (AvgIpc) is 2.81. The fourth-order valence-electron chi connectivity index (χ4n) is 3.68. The van der Waals surface area contributed by atoms with Gasteiger partial charge in [-0.15, -0.1) is 0 Å². The van der Waals surface area contributed by atoms with Crippen LogP contribution in [0.2, 0.25) is 0 Å². The van der Waals surface area contributed by atoms with Gasteiger partial charge < -0.3 is 14.2 Å². The fraction of sp³-hybridized carbons (Fsp3) is 0.321. The van der Waals surface area contributed by atoms with Gasteiger partial charge in [-0.1, -0.05) is 51.1 Å². The van der Waals surface area contributed by atoms with E-state index < -0.39 is 0 Å². The van der Waals surface area contributed by atoms with Gasteiger partial charge >= 0.3 is 5.97 Å². The Hall–Kier alpha value is -3.34. The molecule has 0 saturated carbocycles. The first-order valence-corrected chi connectivity index (χ1v) is 11.0. The minimum absolute atomic E-state index is 0.200. The molecule has 3 rings (SSSR count). The van der Waals surface area contributed by atoms with Gasteiger partial charge in [-0.3, -0.25) is 4.79 Å². The highest BCUT2D eigenvalue weighted by molar-refractivity contribution is 5.71. The molecule has 0 amide bonds. The lowest BCUT2D eigenvalue weighted by atomic mass is 9.81. The fourth-order valence-corrected chi connectivity index (χ4v) is 3.68. The minimum atomic E-state index is -0.283. The standard InChI is InChI=1S/C28H31FO4/c1-28(2,3)25-16-20(9-12-23(25)24-17-21(31-4)11-13-26(24)29)18-33-22-8-6-7-19(15-22)10-14-27(30)32-5/h6-9,11-13,15-17H,10,14,18H2,1-5H3. The Kier molecular flexibility index (Phi) is 7.75. The Morgan fingerprint density at radius 3 is 2.36 bits per heavy atom. The summed E-state index contributed by atoms with van der Waals surface area (Å²) < 4.78 is 30.7. The van der Waals surface area contributed by atoms with Crippen LogP contribution in [0.15, 0.2) is 60.7 Å². The van der Waals surface area contributed by atoms with Crippen molar-refractivity contribution in [3.63, 3.8) is 0 Å². The molecule has 0 unspecified atom stereocenters. The number of benzene rings is 3. The zero-order chi connectivity index (χ0) is 24.0. The molecule has 0 aromatic heterocycles. The molecule has 0 heterocycles. The second kappa shape index (κ2) is 10.5. The second-order valence-electron chi connectivity index (χ2n) is 8.99. The number of aryl methyl sites for hydroxylation is 1. The number of esters is 1. The van der Waals surface area contributed by atoms with Crippen molar-refractivity contribution in [1.82, 2.24) is 0 Å². The van der Waals surface area contributed by atoms with Crippen molar-refractivity contribution in [3.8, 4) is 22.6 Å². The summed E-state index contributed by atoms with van der Waals surface area (Å²) in [5.74, 6) is 0.834. The first-order valence-electron chi connectivity index (χ1n) is 11.0. The number of carbonyl (C=O) groups excluding carboxylic acids is 1. The predicted molar refractivity (Wildman–Crippen MR) is 128 cm³/mol. The van der Waals surface area contributed by atoms with Crippen molar-refractivity contribution in [1.29, 1.82) is 0 Å². The van der Waals surface area contributed by atoms with Crippen LogP contribution >= 0.6 is 0 Å². The maximum absolute atomic E-state index is 14.7. The molecule has 0 radical (unpaired) electrons. The number of carbonyl (C=O) groups is 1. The maximum Gasteiger partial charge on any atom is 0.305 e. The predicted octanol–water partition coefficient (Wildman–Crippen LogP) is 6.48. The Balaban J connectivity index is 1.83. The van der Waals surface area contributed by atoms with Crippen LogP contribution in [0, 0.1) is 5.82 Å². The van der Waals surface area contributed by atoms with Gasteiger partial charge in [0.2, 0.25) is 0 Å². The zero-order valence-corrected chi connectivity index (χ0v) is 19.9. The molecule has 3 aromatic rings. The lowest BCUT2D eigenvalue weighted by Gasteiger charge is -2.24. The van der Waals surface area contributed by atoms with E-state index in [1.54, 1.807) is 19.2 Å². The van der Waals surface area contributed by atoms with E-state index in [4.69, 9.17) is 14.2 Å². The molecule has 3 aromatic carbocycles. The number of hydrogen-bond acceptors (Lipinski definition) is 4. The summed E-state index contributed by atoms with van der Waals surface area (Å²) in [5.41, 5.74) is 4.19. The van der Waals surface area contributed by atoms with Gasteiger partial charge in [-0.2, -0.15) is 0 Å².